The van der Waals surface area contributed by atoms with Crippen molar-refractivity contribution in [2.45, 2.75) is 47.0 Å². The van der Waals surface area contributed by atoms with Crippen LogP contribution >= 0.6 is 22.7 Å². The molecule has 1 aliphatic carbocycles. The first-order chi connectivity index (χ1) is 23.9. The second kappa shape index (κ2) is 17.6. The molecule has 0 spiro atoms. The third-order valence-electron chi connectivity index (χ3n) is 9.75. The van der Waals surface area contributed by atoms with Crippen LogP contribution in [0.15, 0.2) is 132 Å². The van der Waals surface area contributed by atoms with Gasteiger partial charge in [-0.25, -0.2) is 0 Å². The van der Waals surface area contributed by atoms with Crippen LogP contribution in [0.4, 0.5) is 0 Å². The summed E-state index contributed by atoms with van der Waals surface area (Å²) in [6.07, 6.45) is 4.36. The first-order valence-corrected chi connectivity index (χ1v) is 20.0. The molecule has 2 aromatic heterocycles. The van der Waals surface area contributed by atoms with Crippen molar-refractivity contribution in [3.05, 3.63) is 154 Å². The van der Waals surface area contributed by atoms with E-state index in [0.717, 1.165) is 0 Å². The molecular weight excluding hydrogens is 779 g/mol. The van der Waals surface area contributed by atoms with Crippen molar-refractivity contribution in [3.8, 4) is 43.1 Å². The summed E-state index contributed by atoms with van der Waals surface area (Å²) in [5, 5.41) is 9.68. The van der Waals surface area contributed by atoms with Crippen LogP contribution in [-0.4, -0.2) is 3.21 Å². The first-order valence-electron chi connectivity index (χ1n) is 17.0. The summed E-state index contributed by atoms with van der Waals surface area (Å²) in [4.78, 5) is 2.68. The molecule has 1 fully saturated rings. The Kier molecular flexibility index (Phi) is 13.5. The van der Waals surface area contributed by atoms with Gasteiger partial charge in [-0.2, -0.15) is 22.7 Å². The Labute approximate surface area is 338 Å². The van der Waals surface area contributed by atoms with Gasteiger partial charge in [-0.15, -0.1) is 69.1 Å². The molecule has 0 unspecified atom stereocenters. The van der Waals surface area contributed by atoms with Gasteiger partial charge >= 0.3 is 46.7 Å². The van der Waals surface area contributed by atoms with Gasteiger partial charge in [-0.3, -0.25) is 0 Å². The molecule has 0 nitrogen and oxygen atoms in total. The van der Waals surface area contributed by atoms with Gasteiger partial charge in [0.1, 0.15) is 0 Å². The molecule has 0 atom stereocenters. The molecule has 0 N–H and O–H groups in total. The number of benzene rings is 4. The Morgan fingerprint density at radius 3 is 1.24 bits per heavy atom. The molecule has 1 aliphatic rings. The molecule has 0 aliphatic heterocycles. The number of hydrogen-bond acceptors (Lipinski definition) is 2. The molecule has 256 valence electrons. The zero-order valence-electron chi connectivity index (χ0n) is 29.4. The molecule has 0 amide bonds. The molecule has 0 radical (unpaired) electrons. The third kappa shape index (κ3) is 8.57. The molecule has 51 heavy (non-hydrogen) atoms. The maximum absolute atomic E-state index is 2.34. The van der Waals surface area contributed by atoms with Gasteiger partial charge in [0.15, 0.2) is 0 Å². The van der Waals surface area contributed by atoms with Gasteiger partial charge in [-0.1, -0.05) is 107 Å². The van der Waals surface area contributed by atoms with Crippen molar-refractivity contribution < 1.29 is 49.0 Å². The second-order valence-corrected chi connectivity index (χ2v) is 16.7. The predicted octanol–water partition coefficient (Wildman–Crippen LogP) is 8.04. The Morgan fingerprint density at radius 2 is 0.922 bits per heavy atom. The summed E-state index contributed by atoms with van der Waals surface area (Å²) >= 11 is 5.28. The molecule has 5 heteroatoms. The normalized spacial score (nSPS) is 11.8. The van der Waals surface area contributed by atoms with Gasteiger partial charge in [0.25, 0.3) is 0 Å². The summed E-state index contributed by atoms with van der Waals surface area (Å²) in [6.45, 7) is 8.88. The van der Waals surface area contributed by atoms with Crippen molar-refractivity contribution in [1.82, 2.24) is 0 Å². The van der Waals surface area contributed by atoms with Crippen LogP contribution in [0.25, 0.3) is 64.7 Å². The number of fused-ring (bicyclic) bond motifs is 2. The Morgan fingerprint density at radius 1 is 0.529 bits per heavy atom. The fourth-order valence-corrected chi connectivity index (χ4v) is 8.98. The minimum absolute atomic E-state index is 0. The molecule has 8 aromatic rings. The van der Waals surface area contributed by atoms with Crippen molar-refractivity contribution in [2.75, 3.05) is 0 Å². The van der Waals surface area contributed by atoms with Gasteiger partial charge in [0.05, 0.1) is 0 Å². The van der Waals surface area contributed by atoms with Crippen LogP contribution in [-0.2, 0) is 24.2 Å². The summed E-state index contributed by atoms with van der Waals surface area (Å²) in [7, 11) is 0. The van der Waals surface area contributed by atoms with E-state index in [1.165, 1.54) is 106 Å². The van der Waals surface area contributed by atoms with E-state index in [1.807, 2.05) is 0 Å². The van der Waals surface area contributed by atoms with Crippen molar-refractivity contribution in [2.24, 2.45) is 0 Å². The minimum atomic E-state index is 0. The van der Waals surface area contributed by atoms with Crippen molar-refractivity contribution >= 4 is 47.4 Å². The average molecular weight is 819 g/mol. The van der Waals surface area contributed by atoms with E-state index in [1.54, 1.807) is 50.1 Å². The molecule has 0 bridgehead atoms. The molecule has 6 aromatic carbocycles. The van der Waals surface area contributed by atoms with E-state index in [2.05, 4.69) is 160 Å². The van der Waals surface area contributed by atoms with Crippen LogP contribution < -0.4 is 24.8 Å². The quantitative estimate of drug-likeness (QED) is 0.158. The van der Waals surface area contributed by atoms with Crippen LogP contribution in [0.1, 0.15) is 41.5 Å². The molecule has 2 heterocycles. The molecular formula is C46H40Cl2S2Zr-2. The Bertz CT molecular complexity index is 2180. The van der Waals surface area contributed by atoms with Crippen LogP contribution in [0, 0.1) is 27.7 Å². The topological polar surface area (TPSA) is 0 Å². The van der Waals surface area contributed by atoms with E-state index in [0.29, 0.717) is 0 Å². The number of thiophene rings is 2. The standard InChI is InChI=1S/2C21H17S.C4H6.2ClH.Zr/c2*1-14-11-17-12-18(20-9-6-10-22-20)13-19(17)21(15(14)2)16-7-4-3-5-8-16;1-2-4-3-1;;;/h2*3-13H,1-2H3;1-3H2;2*1H;/q2*-1;;;;+2/p-2. The zero-order valence-corrected chi connectivity index (χ0v) is 35.0. The van der Waals surface area contributed by atoms with E-state index in [4.69, 9.17) is 0 Å². The van der Waals surface area contributed by atoms with Crippen molar-refractivity contribution in [3.63, 3.8) is 0 Å². The average Bonchev–Trinajstić information content (AvgIpc) is 3.94. The van der Waals surface area contributed by atoms with E-state index < -0.39 is 0 Å². The Balaban J connectivity index is 0.000000168. The van der Waals surface area contributed by atoms with Gasteiger partial charge in [0, 0.05) is 0 Å². The number of rotatable bonds is 4. The summed E-state index contributed by atoms with van der Waals surface area (Å²) in [5.74, 6) is 0. The SMILES string of the molecule is Cc1cc2[cH-]c(-c3cccs3)cc2c(-c2ccccc2)c1C.Cc1cc2[cH-]c(-c3cccs3)cc2c(-c2ccccc2)c1C.[Cl-].[Cl-].[Zr+2]=[C]1CCC1. The summed E-state index contributed by atoms with van der Waals surface area (Å²) < 4.78 is 1.78. The zero-order chi connectivity index (χ0) is 33.9. The number of halogens is 2. The summed E-state index contributed by atoms with van der Waals surface area (Å²) in [6, 6.07) is 44.0. The second-order valence-electron chi connectivity index (χ2n) is 13.0. The van der Waals surface area contributed by atoms with Gasteiger partial charge in [0.2, 0.25) is 0 Å². The van der Waals surface area contributed by atoms with Crippen molar-refractivity contribution in [1.29, 1.82) is 0 Å². The maximum atomic E-state index is 2.34. The van der Waals surface area contributed by atoms with E-state index in [9.17, 15) is 0 Å². The van der Waals surface area contributed by atoms with Crippen LogP contribution in [0.5, 0.6) is 0 Å². The monoisotopic (exact) mass is 816 g/mol. The van der Waals surface area contributed by atoms with E-state index in [-0.39, 0.29) is 24.8 Å². The first kappa shape index (κ1) is 39.0. The van der Waals surface area contributed by atoms with Crippen LogP contribution in [0.3, 0.4) is 0 Å². The van der Waals surface area contributed by atoms with Gasteiger partial charge in [-0.05, 0) is 70.5 Å². The Hall–Kier alpha value is -3.17. The van der Waals surface area contributed by atoms with Gasteiger partial charge < -0.3 is 24.8 Å². The number of aryl methyl sites for hydroxylation is 2. The number of hydrogen-bond donors (Lipinski definition) is 0. The molecule has 9 rings (SSSR count). The fourth-order valence-electron chi connectivity index (χ4n) is 6.68. The van der Waals surface area contributed by atoms with Crippen LogP contribution in [0.2, 0.25) is 0 Å². The summed E-state index contributed by atoms with van der Waals surface area (Å²) in [5.41, 5.74) is 13.5. The predicted molar refractivity (Wildman–Crippen MR) is 214 cm³/mol. The van der Waals surface area contributed by atoms with E-state index >= 15 is 0 Å². The fraction of sp³-hybridized carbons (Fsp3) is 0.152. The molecule has 1 saturated carbocycles. The molecule has 0 saturated heterocycles. The third-order valence-corrected chi connectivity index (χ3v) is 12.8.